The third-order valence-corrected chi connectivity index (χ3v) is 7.54. The average Bonchev–Trinajstić information content (AvgIpc) is 3.65. The summed E-state index contributed by atoms with van der Waals surface area (Å²) in [5.41, 5.74) is 17.6. The van der Waals surface area contributed by atoms with Gasteiger partial charge in [0.25, 0.3) is 5.91 Å². The Morgan fingerprint density at radius 2 is 1.73 bits per heavy atom. The lowest BCUT2D eigenvalue weighted by Crippen LogP contribution is -2.20. The molecule has 13 nitrogen and oxygen atoms in total. The largest absolute Gasteiger partial charge is 0.494 e. The van der Waals surface area contributed by atoms with E-state index < -0.39 is 0 Å². The summed E-state index contributed by atoms with van der Waals surface area (Å²) < 4.78 is 15.0. The Morgan fingerprint density at radius 1 is 0.959 bits per heavy atom. The number of aldehydes is 2. The molecular formula is C36H38N8O5. The molecule has 0 unspecified atom stereocenters. The van der Waals surface area contributed by atoms with Gasteiger partial charge >= 0.3 is 0 Å². The summed E-state index contributed by atoms with van der Waals surface area (Å²) in [6, 6.07) is 15.6. The molecule has 0 saturated carbocycles. The first-order valence-electron chi connectivity index (χ1n) is 15.6. The van der Waals surface area contributed by atoms with Crippen LogP contribution in [0.4, 0.5) is 23.0 Å². The van der Waals surface area contributed by atoms with Crippen molar-refractivity contribution >= 4 is 58.6 Å². The number of imidazole rings is 1. The van der Waals surface area contributed by atoms with Crippen molar-refractivity contribution in [3.05, 3.63) is 101 Å². The van der Waals surface area contributed by atoms with Gasteiger partial charge in [-0.05, 0) is 68.0 Å². The van der Waals surface area contributed by atoms with Gasteiger partial charge in [0.1, 0.15) is 47.6 Å². The lowest BCUT2D eigenvalue weighted by atomic mass is 10.1. The Hall–Kier alpha value is -6.37. The van der Waals surface area contributed by atoms with Gasteiger partial charge in [0.15, 0.2) is 0 Å². The molecule has 0 radical (unpaired) electrons. The van der Waals surface area contributed by atoms with E-state index in [2.05, 4.69) is 20.7 Å². The molecule has 0 aliphatic carbocycles. The molecule has 0 aliphatic rings. The van der Waals surface area contributed by atoms with Crippen molar-refractivity contribution in [3.8, 4) is 11.5 Å². The van der Waals surface area contributed by atoms with Crippen molar-refractivity contribution in [2.45, 2.75) is 26.9 Å². The molecule has 0 saturated heterocycles. The number of ether oxygens (including phenoxy) is 2. The minimum absolute atomic E-state index is 0.232. The lowest BCUT2D eigenvalue weighted by molar-refractivity contribution is 0.101. The average molecular weight is 663 g/mol. The summed E-state index contributed by atoms with van der Waals surface area (Å²) in [6.45, 7) is 5.14. The van der Waals surface area contributed by atoms with Crippen LogP contribution >= 0.6 is 0 Å². The van der Waals surface area contributed by atoms with E-state index in [1.165, 1.54) is 7.11 Å². The zero-order valence-electron chi connectivity index (χ0n) is 27.5. The van der Waals surface area contributed by atoms with E-state index in [4.69, 9.17) is 20.9 Å². The summed E-state index contributed by atoms with van der Waals surface area (Å²) in [5, 5.41) is 10.6. The van der Waals surface area contributed by atoms with E-state index in [0.29, 0.717) is 88.6 Å². The molecular weight excluding hydrogens is 624 g/mol. The molecule has 0 spiro atoms. The summed E-state index contributed by atoms with van der Waals surface area (Å²) >= 11 is 0. The summed E-state index contributed by atoms with van der Waals surface area (Å²) in [7, 11) is 1.51. The Balaban J connectivity index is 1.35. The molecule has 2 aromatic heterocycles. The fraction of sp³-hybridized carbons (Fsp3) is 0.194. The predicted octanol–water partition coefficient (Wildman–Crippen LogP) is 5.37. The van der Waals surface area contributed by atoms with E-state index in [-0.39, 0.29) is 18.5 Å². The normalized spacial score (nSPS) is 11.3. The molecule has 1 amide bonds. The number of nitrogen functional groups attached to an aromatic ring is 2. The second-order valence-electron chi connectivity index (χ2n) is 11.0. The van der Waals surface area contributed by atoms with Crippen LogP contribution in [0, 0.1) is 6.92 Å². The Labute approximate surface area is 283 Å². The monoisotopic (exact) mass is 662 g/mol. The van der Waals surface area contributed by atoms with Crippen LogP contribution in [0.25, 0.3) is 17.1 Å². The van der Waals surface area contributed by atoms with E-state index in [1.807, 2.05) is 62.4 Å². The van der Waals surface area contributed by atoms with Crippen LogP contribution in [-0.2, 0) is 13.1 Å². The van der Waals surface area contributed by atoms with Gasteiger partial charge < -0.3 is 30.8 Å². The van der Waals surface area contributed by atoms with Gasteiger partial charge in [0, 0.05) is 36.4 Å². The molecule has 0 fully saturated rings. The van der Waals surface area contributed by atoms with Crippen molar-refractivity contribution in [1.29, 1.82) is 0 Å². The number of methoxy groups -OCH3 is 1. The van der Waals surface area contributed by atoms with Crippen molar-refractivity contribution in [3.63, 3.8) is 0 Å². The lowest BCUT2D eigenvalue weighted by Gasteiger charge is -2.15. The standard InChI is InChI=1S/C36H38N8O5/c1-4-44-30(15-23(2)42-44)35(47)41-36-40-29-18-26(22-46)20-32(48-3)34(29)43(36)13-6-5-12-39-33-28(38)17-25(21-45)19-31(33)49-14-8-10-24-9-7-11-27(37)16-24/h5-11,15-22,39H,4,12-14,37-38H2,1-3H3,(H,40,41,47)/b6-5+,10-8+. The van der Waals surface area contributed by atoms with E-state index >= 15 is 0 Å². The highest BCUT2D eigenvalue weighted by Gasteiger charge is 2.20. The Morgan fingerprint density at radius 3 is 2.47 bits per heavy atom. The fourth-order valence-corrected chi connectivity index (χ4v) is 5.32. The zero-order valence-corrected chi connectivity index (χ0v) is 27.5. The molecule has 3 aromatic carbocycles. The van der Waals surface area contributed by atoms with Crippen molar-refractivity contribution in [2.75, 3.05) is 42.4 Å². The maximum absolute atomic E-state index is 13.3. The minimum Gasteiger partial charge on any atom is -0.494 e. The Bertz CT molecular complexity index is 2060. The van der Waals surface area contributed by atoms with Gasteiger partial charge in [-0.25, -0.2) is 4.98 Å². The van der Waals surface area contributed by atoms with Crippen molar-refractivity contribution in [2.24, 2.45) is 0 Å². The first-order chi connectivity index (χ1) is 23.7. The number of rotatable bonds is 15. The summed E-state index contributed by atoms with van der Waals surface area (Å²) in [4.78, 5) is 41.1. The molecule has 13 heteroatoms. The highest BCUT2D eigenvalue weighted by molar-refractivity contribution is 6.03. The van der Waals surface area contributed by atoms with Crippen molar-refractivity contribution in [1.82, 2.24) is 19.3 Å². The SMILES string of the molecule is CCn1nc(C)cc1C(=O)Nc1nc2cc(C=O)cc(OC)c2n1C/C=C/CNc1c(N)cc(C=O)cc1OC/C=C/c1cccc(N)c1. The Kier molecular flexibility index (Phi) is 10.7. The molecule has 5 aromatic rings. The number of nitrogens with one attached hydrogen (secondary N) is 2. The summed E-state index contributed by atoms with van der Waals surface area (Å²) in [6.07, 6.45) is 8.94. The second kappa shape index (κ2) is 15.5. The molecule has 0 bridgehead atoms. The predicted molar refractivity (Wildman–Crippen MR) is 192 cm³/mol. The third kappa shape index (κ3) is 7.96. The smallest absolute Gasteiger partial charge is 0.276 e. The number of carbonyl (C=O) groups excluding carboxylic acids is 3. The highest BCUT2D eigenvalue weighted by Crippen LogP contribution is 2.33. The molecule has 0 atom stereocenters. The first-order valence-corrected chi connectivity index (χ1v) is 15.6. The number of benzene rings is 3. The number of allylic oxidation sites excluding steroid dienone is 1. The van der Waals surface area contributed by atoms with Crippen LogP contribution in [0.15, 0.2) is 72.8 Å². The first kappa shape index (κ1) is 34.0. The second-order valence-corrected chi connectivity index (χ2v) is 11.0. The highest BCUT2D eigenvalue weighted by atomic mass is 16.5. The van der Waals surface area contributed by atoms with Gasteiger partial charge in [0.2, 0.25) is 5.95 Å². The maximum Gasteiger partial charge on any atom is 0.276 e. The number of fused-ring (bicyclic) bond motifs is 1. The van der Waals surface area contributed by atoms with Gasteiger partial charge in [-0.15, -0.1) is 0 Å². The van der Waals surface area contributed by atoms with Gasteiger partial charge in [-0.3, -0.25) is 24.4 Å². The van der Waals surface area contributed by atoms with Crippen LogP contribution in [0.1, 0.15) is 49.4 Å². The van der Waals surface area contributed by atoms with Crippen LogP contribution in [0.5, 0.6) is 11.5 Å². The molecule has 49 heavy (non-hydrogen) atoms. The number of nitrogens with two attached hydrogens (primary N) is 2. The van der Waals surface area contributed by atoms with Gasteiger partial charge in [0.05, 0.1) is 24.0 Å². The molecule has 5 rings (SSSR count). The van der Waals surface area contributed by atoms with E-state index in [9.17, 15) is 14.4 Å². The number of aryl methyl sites for hydroxylation is 2. The van der Waals surface area contributed by atoms with Crippen LogP contribution < -0.4 is 31.6 Å². The quantitative estimate of drug-likeness (QED) is 0.0646. The number of carbonyl (C=O) groups is 3. The number of hydrogen-bond acceptors (Lipinski definition) is 10. The molecule has 252 valence electrons. The maximum atomic E-state index is 13.3. The number of hydrogen-bond donors (Lipinski definition) is 4. The van der Waals surface area contributed by atoms with Crippen LogP contribution in [0.2, 0.25) is 0 Å². The number of amides is 1. The minimum atomic E-state index is -0.372. The molecule has 2 heterocycles. The number of anilines is 4. The fourth-order valence-electron chi connectivity index (χ4n) is 5.32. The molecule has 6 N–H and O–H groups in total. The summed E-state index contributed by atoms with van der Waals surface area (Å²) in [5.74, 6) is 0.763. The van der Waals surface area contributed by atoms with Crippen molar-refractivity contribution < 1.29 is 23.9 Å². The number of aromatic nitrogens is 4. The third-order valence-electron chi connectivity index (χ3n) is 7.54. The van der Waals surface area contributed by atoms with E-state index in [0.717, 1.165) is 11.3 Å². The zero-order chi connectivity index (χ0) is 34.9. The van der Waals surface area contributed by atoms with Crippen LogP contribution in [0.3, 0.4) is 0 Å². The number of nitrogens with zero attached hydrogens (tertiary/aromatic N) is 4. The van der Waals surface area contributed by atoms with Crippen LogP contribution in [-0.4, -0.2) is 58.1 Å². The molecule has 0 aliphatic heterocycles. The van der Waals surface area contributed by atoms with Gasteiger partial charge in [-0.2, -0.15) is 5.10 Å². The topological polar surface area (TPSA) is 181 Å². The van der Waals surface area contributed by atoms with E-state index in [1.54, 1.807) is 39.6 Å². The van der Waals surface area contributed by atoms with Gasteiger partial charge in [-0.1, -0.05) is 30.4 Å².